The van der Waals surface area contributed by atoms with Crippen LogP contribution in [0.25, 0.3) is 0 Å². The third kappa shape index (κ3) is 7.56. The molecule has 4 aromatic carbocycles. The van der Waals surface area contributed by atoms with Crippen LogP contribution in [0, 0.1) is 0 Å². The van der Waals surface area contributed by atoms with Crippen LogP contribution in [0.5, 0.6) is 5.75 Å². The largest absolute Gasteiger partial charge is 0.497 e. The van der Waals surface area contributed by atoms with Gasteiger partial charge >= 0.3 is 0 Å². The molecule has 2 unspecified atom stereocenters. The van der Waals surface area contributed by atoms with Crippen molar-refractivity contribution in [2.24, 2.45) is 0 Å². The zero-order valence-electron chi connectivity index (χ0n) is 26.4. The molecule has 1 aliphatic rings. The highest BCUT2D eigenvalue weighted by Gasteiger charge is 2.52. The summed E-state index contributed by atoms with van der Waals surface area (Å²) in [6.45, 7) is 7.07. The lowest BCUT2D eigenvalue weighted by atomic mass is 9.98. The Bertz CT molecular complexity index is 1410. The topological polar surface area (TPSA) is 86.6 Å². The lowest BCUT2D eigenvalue weighted by Gasteiger charge is -2.46. The van der Waals surface area contributed by atoms with Gasteiger partial charge in [-0.2, -0.15) is 0 Å². The first kappa shape index (κ1) is 33.0. The molecule has 1 fully saturated rings. The molecule has 0 amide bonds. The van der Waals surface area contributed by atoms with Gasteiger partial charge in [-0.1, -0.05) is 124 Å². The molecule has 0 aromatic heterocycles. The summed E-state index contributed by atoms with van der Waals surface area (Å²) in [4.78, 5) is 0. The molecule has 0 radical (unpaired) electrons. The van der Waals surface area contributed by atoms with Gasteiger partial charge in [-0.3, -0.25) is 0 Å². The van der Waals surface area contributed by atoms with Gasteiger partial charge in [0.25, 0.3) is 8.32 Å². The highest BCUT2D eigenvalue weighted by Crippen LogP contribution is 2.37. The van der Waals surface area contributed by atoms with Crippen molar-refractivity contribution in [3.8, 4) is 5.75 Å². The van der Waals surface area contributed by atoms with E-state index < -0.39 is 39.0 Å². The Hall–Kier alpha value is -3.34. The second-order valence-corrected chi connectivity index (χ2v) is 16.7. The molecule has 0 spiro atoms. The van der Waals surface area contributed by atoms with Gasteiger partial charge < -0.3 is 33.6 Å². The van der Waals surface area contributed by atoms with E-state index in [1.54, 1.807) is 7.11 Å². The van der Waals surface area contributed by atoms with Crippen LogP contribution in [0.1, 0.15) is 31.9 Å². The van der Waals surface area contributed by atoms with Crippen LogP contribution < -0.4 is 15.1 Å². The van der Waals surface area contributed by atoms with E-state index in [0.717, 1.165) is 27.2 Å². The molecule has 1 aliphatic heterocycles. The van der Waals surface area contributed by atoms with Crippen molar-refractivity contribution < 1.29 is 33.6 Å². The molecule has 1 heterocycles. The maximum absolute atomic E-state index is 11.8. The second kappa shape index (κ2) is 14.8. The quantitative estimate of drug-likeness (QED) is 0.218. The molecule has 238 valence electrons. The molecule has 7 nitrogen and oxygen atoms in total. The van der Waals surface area contributed by atoms with Crippen molar-refractivity contribution in [3.63, 3.8) is 0 Å². The Morgan fingerprint density at radius 1 is 0.667 bits per heavy atom. The summed E-state index contributed by atoms with van der Waals surface area (Å²) in [5.41, 5.74) is 1.83. The first-order valence-electron chi connectivity index (χ1n) is 15.4. The van der Waals surface area contributed by atoms with Gasteiger partial charge in [-0.15, -0.1) is 0 Å². The number of ether oxygens (including phenoxy) is 4. The zero-order chi connectivity index (χ0) is 31.9. The number of rotatable bonds is 12. The molecule has 5 rings (SSSR count). The van der Waals surface area contributed by atoms with Crippen LogP contribution >= 0.6 is 0 Å². The minimum Gasteiger partial charge on any atom is -0.497 e. The van der Waals surface area contributed by atoms with Crippen LogP contribution in [0.15, 0.2) is 115 Å². The number of hydrogen-bond donors (Lipinski definition) is 2. The lowest BCUT2D eigenvalue weighted by Crippen LogP contribution is -2.68. The van der Waals surface area contributed by atoms with E-state index >= 15 is 0 Å². The van der Waals surface area contributed by atoms with E-state index in [9.17, 15) is 10.2 Å². The normalized spacial score (nSPS) is 22.2. The molecule has 8 heteroatoms. The summed E-state index contributed by atoms with van der Waals surface area (Å²) >= 11 is 0. The van der Waals surface area contributed by atoms with Crippen molar-refractivity contribution in [2.45, 2.75) is 69.7 Å². The monoisotopic (exact) mass is 628 g/mol. The summed E-state index contributed by atoms with van der Waals surface area (Å²) in [5.74, 6) is 0.739. The van der Waals surface area contributed by atoms with Crippen molar-refractivity contribution in [3.05, 3.63) is 126 Å². The van der Waals surface area contributed by atoms with E-state index in [2.05, 4.69) is 45.0 Å². The van der Waals surface area contributed by atoms with E-state index in [4.69, 9.17) is 23.4 Å². The summed E-state index contributed by atoms with van der Waals surface area (Å²) < 4.78 is 30.9. The number of hydrogen-bond acceptors (Lipinski definition) is 7. The Labute approximate surface area is 267 Å². The number of benzene rings is 4. The fraction of sp³-hybridized carbons (Fsp3) is 0.351. The number of aliphatic hydroxyl groups is 2. The van der Waals surface area contributed by atoms with E-state index in [-0.39, 0.29) is 24.9 Å². The Morgan fingerprint density at radius 3 is 1.67 bits per heavy atom. The first-order valence-corrected chi connectivity index (χ1v) is 17.3. The van der Waals surface area contributed by atoms with Crippen LogP contribution in [0.3, 0.4) is 0 Å². The standard InChI is InChI=1S/C37H44O7Si/c1-37(2,3)45(30-16-10-6-11-17-30,31-18-12-7-13-19-31)43-26-32-33(38)34(41-24-27-14-8-5-9-15-27)35(36(39)44-32)42-25-28-20-22-29(40-4)23-21-28/h5-23,32-36,38-39H,24-26H2,1-4H3/t32?,33-,34-,35?,36+/m0/s1. The van der Waals surface area contributed by atoms with E-state index in [1.807, 2.05) is 91.0 Å². The summed E-state index contributed by atoms with van der Waals surface area (Å²) in [7, 11) is -1.30. The molecule has 0 saturated carbocycles. The Morgan fingerprint density at radius 2 is 1.16 bits per heavy atom. The zero-order valence-corrected chi connectivity index (χ0v) is 27.4. The van der Waals surface area contributed by atoms with Crippen LogP contribution in [0.4, 0.5) is 0 Å². The predicted molar refractivity (Wildman–Crippen MR) is 177 cm³/mol. The van der Waals surface area contributed by atoms with E-state index in [0.29, 0.717) is 0 Å². The molecule has 4 aromatic rings. The lowest BCUT2D eigenvalue weighted by molar-refractivity contribution is -0.306. The van der Waals surface area contributed by atoms with Gasteiger partial charge in [0.15, 0.2) is 6.29 Å². The van der Waals surface area contributed by atoms with Gasteiger partial charge in [-0.25, -0.2) is 0 Å². The highest BCUT2D eigenvalue weighted by atomic mass is 28.4. The highest BCUT2D eigenvalue weighted by molar-refractivity contribution is 6.99. The van der Waals surface area contributed by atoms with Crippen molar-refractivity contribution in [1.29, 1.82) is 0 Å². The maximum atomic E-state index is 11.8. The number of aliphatic hydroxyl groups excluding tert-OH is 2. The molecule has 45 heavy (non-hydrogen) atoms. The van der Waals surface area contributed by atoms with Gasteiger partial charge in [0, 0.05) is 0 Å². The van der Waals surface area contributed by atoms with Crippen molar-refractivity contribution in [2.75, 3.05) is 13.7 Å². The van der Waals surface area contributed by atoms with Crippen LogP contribution in [-0.2, 0) is 31.9 Å². The van der Waals surface area contributed by atoms with E-state index in [1.165, 1.54) is 0 Å². The second-order valence-electron chi connectivity index (χ2n) is 12.4. The molecule has 1 saturated heterocycles. The first-order chi connectivity index (χ1) is 21.7. The SMILES string of the molecule is COc1ccc(COC2[C@H](O)OC(CO[Si](c3ccccc3)(c3ccccc3)C(C)(C)C)[C@H](O)[C@@H]2OCc2ccccc2)cc1. The van der Waals surface area contributed by atoms with Gasteiger partial charge in [-0.05, 0) is 38.7 Å². The number of methoxy groups -OCH3 is 1. The molecule has 2 N–H and O–H groups in total. The summed E-state index contributed by atoms with van der Waals surface area (Å²) in [6, 6.07) is 37.8. The fourth-order valence-electron chi connectivity index (χ4n) is 6.06. The van der Waals surface area contributed by atoms with Gasteiger partial charge in [0.2, 0.25) is 0 Å². The Kier molecular flexibility index (Phi) is 10.9. The van der Waals surface area contributed by atoms with Gasteiger partial charge in [0.1, 0.15) is 30.2 Å². The molecule has 5 atom stereocenters. The average Bonchev–Trinajstić information content (AvgIpc) is 3.06. The summed E-state index contributed by atoms with van der Waals surface area (Å²) in [5, 5.41) is 25.1. The maximum Gasteiger partial charge on any atom is 0.261 e. The smallest absolute Gasteiger partial charge is 0.261 e. The minimum absolute atomic E-state index is 0.0574. The van der Waals surface area contributed by atoms with Crippen LogP contribution in [-0.4, -0.2) is 63.0 Å². The predicted octanol–water partition coefficient (Wildman–Crippen LogP) is 4.82. The molecular formula is C37H44O7Si. The third-order valence-electron chi connectivity index (χ3n) is 8.40. The van der Waals surface area contributed by atoms with Crippen molar-refractivity contribution in [1.82, 2.24) is 0 Å². The molecule has 0 aliphatic carbocycles. The van der Waals surface area contributed by atoms with Gasteiger partial charge in [0.05, 0.1) is 26.9 Å². The Balaban J connectivity index is 1.40. The molecular weight excluding hydrogens is 584 g/mol. The summed E-state index contributed by atoms with van der Waals surface area (Å²) in [6.07, 6.45) is -5.14. The average molecular weight is 629 g/mol. The fourth-order valence-corrected chi connectivity index (χ4v) is 10.6. The molecule has 0 bridgehead atoms. The van der Waals surface area contributed by atoms with Crippen LogP contribution in [0.2, 0.25) is 5.04 Å². The minimum atomic E-state index is -2.92. The third-order valence-corrected chi connectivity index (χ3v) is 13.4. The van der Waals surface area contributed by atoms with Crippen molar-refractivity contribution >= 4 is 18.7 Å².